The summed E-state index contributed by atoms with van der Waals surface area (Å²) in [7, 11) is 0. The number of aryl methyl sites for hydroxylation is 1. The van der Waals surface area contributed by atoms with Crippen molar-refractivity contribution in [1.29, 1.82) is 10.5 Å². The molecule has 2 aromatic heterocycles. The van der Waals surface area contributed by atoms with Gasteiger partial charge in [-0.3, -0.25) is 0 Å². The Balaban J connectivity index is 1.33. The molecule has 0 unspecified atom stereocenters. The first-order chi connectivity index (χ1) is 31.2. The van der Waals surface area contributed by atoms with Crippen LogP contribution in [0, 0.1) is 29.6 Å². The van der Waals surface area contributed by atoms with Gasteiger partial charge in [0.15, 0.2) is 5.82 Å². The van der Waals surface area contributed by atoms with Crippen LogP contribution in [-0.2, 0) is 6.18 Å². The SMILES string of the molecule is Cc1cc(-c2ccc3c(c2)c2ccccc2n3-c2c(-c3ccccc3C#N)cc(-c3nc(-c4ccccc4)cc(-c4ccccc4)n3)cc2-c2ccccc2C#N)cc(C(F)(F)F)c1. The molecule has 8 aromatic carbocycles. The standard InChI is InChI=1S/C56H34F3N5/c1-35-26-41(28-43(27-35)56(57,58)59)38-24-25-53-47(29-38)46-22-12-13-23-52(46)64(53)54-48(44-20-10-8-18-39(44)33-60)30-42(31-49(54)45-21-11-9-19-40(45)34-61)55-62-50(36-14-4-2-5-15-36)32-51(63-55)37-16-6-3-7-17-37/h2-32H,1H3. The summed E-state index contributed by atoms with van der Waals surface area (Å²) in [5.74, 6) is 0.446. The van der Waals surface area contributed by atoms with E-state index in [1.807, 2.05) is 158 Å². The van der Waals surface area contributed by atoms with Gasteiger partial charge in [0.2, 0.25) is 0 Å². The van der Waals surface area contributed by atoms with Crippen LogP contribution in [0.1, 0.15) is 22.3 Å². The first-order valence-electron chi connectivity index (χ1n) is 20.6. The summed E-state index contributed by atoms with van der Waals surface area (Å²) in [6.45, 7) is 1.67. The van der Waals surface area contributed by atoms with Crippen LogP contribution < -0.4 is 0 Å². The fourth-order valence-corrected chi connectivity index (χ4v) is 8.64. The van der Waals surface area contributed by atoms with Gasteiger partial charge in [-0.05, 0) is 84.3 Å². The maximum Gasteiger partial charge on any atom is 0.416 e. The highest BCUT2D eigenvalue weighted by molar-refractivity contribution is 6.12. The maximum atomic E-state index is 14.1. The number of hydrogen-bond acceptors (Lipinski definition) is 4. The van der Waals surface area contributed by atoms with E-state index in [4.69, 9.17) is 9.97 Å². The third-order valence-corrected chi connectivity index (χ3v) is 11.5. The second-order valence-corrected chi connectivity index (χ2v) is 15.6. The maximum absolute atomic E-state index is 14.1. The first-order valence-corrected chi connectivity index (χ1v) is 20.6. The molecule has 0 spiro atoms. The summed E-state index contributed by atoms with van der Waals surface area (Å²) in [5.41, 5.74) is 10.7. The van der Waals surface area contributed by atoms with Crippen molar-refractivity contribution in [2.24, 2.45) is 0 Å². The summed E-state index contributed by atoms with van der Waals surface area (Å²) < 4.78 is 44.3. The minimum absolute atomic E-state index is 0.437. The van der Waals surface area contributed by atoms with Gasteiger partial charge in [-0.1, -0.05) is 127 Å². The molecule has 0 N–H and O–H groups in total. The Bertz CT molecular complexity index is 3390. The number of hydrogen-bond donors (Lipinski definition) is 0. The molecule has 5 nitrogen and oxygen atoms in total. The number of nitrogens with zero attached hydrogens (tertiary/aromatic N) is 5. The molecule has 8 heteroatoms. The minimum Gasteiger partial charge on any atom is -0.308 e. The lowest BCUT2D eigenvalue weighted by Crippen LogP contribution is -2.05. The van der Waals surface area contributed by atoms with Crippen molar-refractivity contribution in [2.45, 2.75) is 13.1 Å². The molecule has 10 aromatic rings. The molecular weight excluding hydrogens is 800 g/mol. The molecule has 0 fully saturated rings. The molecule has 0 aliphatic rings. The number of para-hydroxylation sites is 1. The van der Waals surface area contributed by atoms with Crippen LogP contribution in [0.25, 0.3) is 94.8 Å². The molecule has 10 rings (SSSR count). The Labute approximate surface area is 367 Å². The van der Waals surface area contributed by atoms with E-state index in [-0.39, 0.29) is 0 Å². The quantitative estimate of drug-likeness (QED) is 0.160. The molecule has 0 radical (unpaired) electrons. The average molecular weight is 834 g/mol. The Morgan fingerprint density at radius 3 is 1.56 bits per heavy atom. The third-order valence-electron chi connectivity index (χ3n) is 11.5. The predicted molar refractivity (Wildman–Crippen MR) is 248 cm³/mol. The van der Waals surface area contributed by atoms with Crippen LogP contribution >= 0.6 is 0 Å². The van der Waals surface area contributed by atoms with Gasteiger partial charge >= 0.3 is 6.18 Å². The highest BCUT2D eigenvalue weighted by Gasteiger charge is 2.31. The fraction of sp³-hybridized carbons (Fsp3) is 0.0357. The number of alkyl halides is 3. The van der Waals surface area contributed by atoms with Gasteiger partial charge in [0.1, 0.15) is 0 Å². The van der Waals surface area contributed by atoms with Crippen LogP contribution in [0.4, 0.5) is 13.2 Å². The van der Waals surface area contributed by atoms with Gasteiger partial charge in [-0.15, -0.1) is 0 Å². The molecule has 0 bridgehead atoms. The predicted octanol–water partition coefficient (Wildman–Crippen LogP) is 14.6. The van der Waals surface area contributed by atoms with Crippen LogP contribution in [0.2, 0.25) is 0 Å². The third kappa shape index (κ3) is 7.13. The molecule has 0 atom stereocenters. The molecule has 2 heterocycles. The number of nitriles is 2. The van der Waals surface area contributed by atoms with Crippen molar-refractivity contribution >= 4 is 21.8 Å². The van der Waals surface area contributed by atoms with Crippen LogP contribution in [-0.4, -0.2) is 14.5 Å². The van der Waals surface area contributed by atoms with E-state index in [1.165, 1.54) is 6.07 Å². The van der Waals surface area contributed by atoms with Crippen molar-refractivity contribution in [3.05, 3.63) is 210 Å². The zero-order chi connectivity index (χ0) is 44.0. The summed E-state index contributed by atoms with van der Waals surface area (Å²) in [6, 6.07) is 63.3. The van der Waals surface area contributed by atoms with Gasteiger partial charge in [0, 0.05) is 49.7 Å². The topological polar surface area (TPSA) is 78.3 Å². The second kappa shape index (κ2) is 16.0. The number of benzene rings is 8. The lowest BCUT2D eigenvalue weighted by molar-refractivity contribution is -0.137. The van der Waals surface area contributed by atoms with Crippen molar-refractivity contribution in [2.75, 3.05) is 0 Å². The summed E-state index contributed by atoms with van der Waals surface area (Å²) >= 11 is 0. The van der Waals surface area contributed by atoms with Crippen LogP contribution in [0.15, 0.2) is 188 Å². The van der Waals surface area contributed by atoms with Gasteiger partial charge in [0.05, 0.1) is 56.9 Å². The van der Waals surface area contributed by atoms with Crippen LogP contribution in [0.5, 0.6) is 0 Å². The van der Waals surface area contributed by atoms with Crippen molar-refractivity contribution in [1.82, 2.24) is 14.5 Å². The highest BCUT2D eigenvalue weighted by Crippen LogP contribution is 2.46. The van der Waals surface area contributed by atoms with E-state index in [0.717, 1.165) is 50.4 Å². The molecule has 0 amide bonds. The van der Waals surface area contributed by atoms with E-state index >= 15 is 0 Å². The average Bonchev–Trinajstić information content (AvgIpc) is 3.66. The van der Waals surface area contributed by atoms with E-state index in [2.05, 4.69) is 16.7 Å². The summed E-state index contributed by atoms with van der Waals surface area (Å²) in [6.07, 6.45) is -4.50. The Hall–Kier alpha value is -8.59. The first kappa shape index (κ1) is 39.5. The lowest BCUT2D eigenvalue weighted by atomic mass is 9.89. The van der Waals surface area contributed by atoms with Crippen molar-refractivity contribution in [3.8, 4) is 85.1 Å². The zero-order valence-electron chi connectivity index (χ0n) is 34.3. The van der Waals surface area contributed by atoms with E-state index in [0.29, 0.717) is 67.1 Å². The lowest BCUT2D eigenvalue weighted by Gasteiger charge is -2.22. The number of fused-ring (bicyclic) bond motifs is 3. The molecule has 0 saturated carbocycles. The molecule has 64 heavy (non-hydrogen) atoms. The molecular formula is C56H34F3N5. The molecule has 304 valence electrons. The smallest absolute Gasteiger partial charge is 0.308 e. The molecule has 0 aliphatic carbocycles. The van der Waals surface area contributed by atoms with E-state index in [1.54, 1.807) is 25.1 Å². The van der Waals surface area contributed by atoms with Crippen molar-refractivity contribution in [3.63, 3.8) is 0 Å². The highest BCUT2D eigenvalue weighted by atomic mass is 19.4. The minimum atomic E-state index is -4.50. The summed E-state index contributed by atoms with van der Waals surface area (Å²) in [5, 5.41) is 23.0. The van der Waals surface area contributed by atoms with Gasteiger partial charge < -0.3 is 4.57 Å². The number of rotatable bonds is 7. The monoisotopic (exact) mass is 833 g/mol. The van der Waals surface area contributed by atoms with Gasteiger partial charge in [0.25, 0.3) is 0 Å². The Morgan fingerprint density at radius 1 is 0.453 bits per heavy atom. The van der Waals surface area contributed by atoms with Gasteiger partial charge in [-0.25, -0.2) is 9.97 Å². The van der Waals surface area contributed by atoms with Crippen molar-refractivity contribution < 1.29 is 13.2 Å². The van der Waals surface area contributed by atoms with Gasteiger partial charge in [-0.2, -0.15) is 23.7 Å². The van der Waals surface area contributed by atoms with E-state index < -0.39 is 11.7 Å². The fourth-order valence-electron chi connectivity index (χ4n) is 8.64. The number of aromatic nitrogens is 3. The largest absolute Gasteiger partial charge is 0.416 e. The zero-order valence-corrected chi connectivity index (χ0v) is 34.3. The number of halogens is 3. The van der Waals surface area contributed by atoms with Crippen LogP contribution in [0.3, 0.4) is 0 Å². The summed E-state index contributed by atoms with van der Waals surface area (Å²) in [4.78, 5) is 10.4. The normalized spacial score (nSPS) is 11.4. The molecule has 0 aliphatic heterocycles. The Morgan fingerprint density at radius 2 is 0.984 bits per heavy atom. The second-order valence-electron chi connectivity index (χ2n) is 15.6. The molecule has 0 saturated heterocycles. The van der Waals surface area contributed by atoms with E-state index in [9.17, 15) is 23.7 Å². The Kier molecular flexibility index (Phi) is 9.90.